The SMILES string of the molecule is Cc1ccc(-c2cc(F)c3c(c2)CN(C)CCC3c2ccccc2F)nn1. The van der Waals surface area contributed by atoms with Crippen molar-refractivity contribution < 1.29 is 8.78 Å². The van der Waals surface area contributed by atoms with Crippen LogP contribution >= 0.6 is 0 Å². The maximum absolute atomic E-state index is 15.3. The average Bonchev–Trinajstić information content (AvgIpc) is 2.81. The molecule has 4 rings (SSSR count). The zero-order valence-electron chi connectivity index (χ0n) is 15.4. The first kappa shape index (κ1) is 17.7. The van der Waals surface area contributed by atoms with Gasteiger partial charge in [0, 0.05) is 18.0 Å². The number of halogens is 2. The minimum atomic E-state index is -0.312. The molecule has 0 spiro atoms. The van der Waals surface area contributed by atoms with Gasteiger partial charge in [-0.2, -0.15) is 10.2 Å². The van der Waals surface area contributed by atoms with Crippen LogP contribution in [0.2, 0.25) is 0 Å². The van der Waals surface area contributed by atoms with E-state index in [1.165, 1.54) is 12.1 Å². The minimum Gasteiger partial charge on any atom is -0.302 e. The molecule has 2 aromatic carbocycles. The van der Waals surface area contributed by atoms with Crippen LogP contribution in [-0.4, -0.2) is 28.7 Å². The summed E-state index contributed by atoms with van der Waals surface area (Å²) in [7, 11) is 2.00. The van der Waals surface area contributed by atoms with Crippen molar-refractivity contribution in [2.45, 2.75) is 25.8 Å². The Kier molecular flexibility index (Phi) is 4.70. The lowest BCUT2D eigenvalue weighted by Gasteiger charge is -2.20. The molecule has 138 valence electrons. The monoisotopic (exact) mass is 365 g/mol. The summed E-state index contributed by atoms with van der Waals surface area (Å²) in [5.41, 5.74) is 4.16. The first-order valence-corrected chi connectivity index (χ1v) is 9.09. The second kappa shape index (κ2) is 7.16. The van der Waals surface area contributed by atoms with Gasteiger partial charge in [0.25, 0.3) is 0 Å². The minimum absolute atomic E-state index is 0.286. The molecule has 1 aliphatic rings. The second-order valence-corrected chi connectivity index (χ2v) is 7.19. The van der Waals surface area contributed by atoms with Crippen LogP contribution in [0.1, 0.15) is 34.7 Å². The highest BCUT2D eigenvalue weighted by atomic mass is 19.1. The van der Waals surface area contributed by atoms with Gasteiger partial charge in [-0.15, -0.1) is 0 Å². The molecular formula is C22H21F2N3. The molecule has 0 N–H and O–H groups in total. The Balaban J connectivity index is 1.86. The van der Waals surface area contributed by atoms with Gasteiger partial charge in [0.05, 0.1) is 11.4 Å². The van der Waals surface area contributed by atoms with E-state index in [1.54, 1.807) is 18.2 Å². The number of aryl methyl sites for hydroxylation is 1. The van der Waals surface area contributed by atoms with E-state index in [0.717, 1.165) is 17.8 Å². The first-order valence-electron chi connectivity index (χ1n) is 9.09. The van der Waals surface area contributed by atoms with Crippen LogP contribution in [-0.2, 0) is 6.54 Å². The lowest BCUT2D eigenvalue weighted by molar-refractivity contribution is 0.327. The number of hydrogen-bond donors (Lipinski definition) is 0. The van der Waals surface area contributed by atoms with E-state index in [4.69, 9.17) is 0 Å². The van der Waals surface area contributed by atoms with Gasteiger partial charge < -0.3 is 4.90 Å². The zero-order valence-corrected chi connectivity index (χ0v) is 15.4. The summed E-state index contributed by atoms with van der Waals surface area (Å²) >= 11 is 0. The van der Waals surface area contributed by atoms with Crippen LogP contribution < -0.4 is 0 Å². The van der Waals surface area contributed by atoms with Crippen molar-refractivity contribution in [2.75, 3.05) is 13.6 Å². The topological polar surface area (TPSA) is 29.0 Å². The molecule has 0 saturated heterocycles. The molecule has 1 unspecified atom stereocenters. The van der Waals surface area contributed by atoms with Gasteiger partial charge in [0.1, 0.15) is 11.6 Å². The maximum Gasteiger partial charge on any atom is 0.128 e. The lowest BCUT2D eigenvalue weighted by Crippen LogP contribution is -2.17. The van der Waals surface area contributed by atoms with Crippen LogP contribution in [0.5, 0.6) is 0 Å². The highest BCUT2D eigenvalue weighted by molar-refractivity contribution is 5.62. The number of hydrogen-bond acceptors (Lipinski definition) is 3. The van der Waals surface area contributed by atoms with Crippen molar-refractivity contribution in [3.05, 3.63) is 82.5 Å². The summed E-state index contributed by atoms with van der Waals surface area (Å²) < 4.78 is 29.7. The molecular weight excluding hydrogens is 344 g/mol. The molecule has 0 bridgehead atoms. The van der Waals surface area contributed by atoms with E-state index < -0.39 is 0 Å². The maximum atomic E-state index is 15.3. The third-order valence-corrected chi connectivity index (χ3v) is 5.18. The van der Waals surface area contributed by atoms with Gasteiger partial charge in [-0.3, -0.25) is 0 Å². The Morgan fingerprint density at radius 2 is 1.81 bits per heavy atom. The summed E-state index contributed by atoms with van der Waals surface area (Å²) in [5, 5.41) is 8.25. The molecule has 1 aromatic heterocycles. The molecule has 2 heterocycles. The second-order valence-electron chi connectivity index (χ2n) is 7.19. The fourth-order valence-corrected chi connectivity index (χ4v) is 3.83. The standard InChI is InChI=1S/C22H21F2N3/c1-14-7-8-21(26-25-14)15-11-16-13-27(2)10-9-18(22(16)20(24)12-15)17-5-3-4-6-19(17)23/h3-8,11-12,18H,9-10,13H2,1-2H3. The number of aromatic nitrogens is 2. The molecule has 5 heteroatoms. The van der Waals surface area contributed by atoms with Crippen LogP contribution in [0, 0.1) is 18.6 Å². The third-order valence-electron chi connectivity index (χ3n) is 5.18. The Morgan fingerprint density at radius 3 is 2.56 bits per heavy atom. The van der Waals surface area contributed by atoms with Crippen LogP contribution in [0.15, 0.2) is 48.5 Å². The fourth-order valence-electron chi connectivity index (χ4n) is 3.83. The quantitative estimate of drug-likeness (QED) is 0.659. The van der Waals surface area contributed by atoms with Gasteiger partial charge in [-0.1, -0.05) is 18.2 Å². The smallest absolute Gasteiger partial charge is 0.128 e. The van der Waals surface area contributed by atoms with Gasteiger partial charge >= 0.3 is 0 Å². The molecule has 27 heavy (non-hydrogen) atoms. The summed E-state index contributed by atoms with van der Waals surface area (Å²) in [6, 6.07) is 13.8. The molecule has 3 nitrogen and oxygen atoms in total. The van der Waals surface area contributed by atoms with E-state index >= 15 is 4.39 Å². The van der Waals surface area contributed by atoms with Crippen molar-refractivity contribution in [3.63, 3.8) is 0 Å². The first-order chi connectivity index (χ1) is 13.0. The number of rotatable bonds is 2. The van der Waals surface area contributed by atoms with E-state index in [-0.39, 0.29) is 17.6 Å². The summed E-state index contributed by atoms with van der Waals surface area (Å²) in [6.07, 6.45) is 0.672. The molecule has 0 aliphatic carbocycles. The van der Waals surface area contributed by atoms with Crippen molar-refractivity contribution >= 4 is 0 Å². The van der Waals surface area contributed by atoms with Crippen molar-refractivity contribution in [3.8, 4) is 11.3 Å². The molecule has 0 saturated carbocycles. The molecule has 1 atom stereocenters. The highest BCUT2D eigenvalue weighted by Crippen LogP contribution is 2.38. The Morgan fingerprint density at radius 1 is 1.00 bits per heavy atom. The van der Waals surface area contributed by atoms with Crippen LogP contribution in [0.3, 0.4) is 0 Å². The van der Waals surface area contributed by atoms with Crippen molar-refractivity contribution in [1.82, 2.24) is 15.1 Å². The number of benzene rings is 2. The third kappa shape index (κ3) is 3.47. The average molecular weight is 365 g/mol. The van der Waals surface area contributed by atoms with Gasteiger partial charge in [-0.25, -0.2) is 8.78 Å². The molecule has 0 radical (unpaired) electrons. The van der Waals surface area contributed by atoms with Crippen LogP contribution in [0.25, 0.3) is 11.3 Å². The molecule has 0 amide bonds. The number of nitrogens with zero attached hydrogens (tertiary/aromatic N) is 3. The Hall–Kier alpha value is -2.66. The normalized spacial score (nSPS) is 17.4. The molecule has 0 fully saturated rings. The molecule has 1 aliphatic heterocycles. The summed E-state index contributed by atoms with van der Waals surface area (Å²) in [6.45, 7) is 3.25. The van der Waals surface area contributed by atoms with E-state index in [1.807, 2.05) is 32.2 Å². The van der Waals surface area contributed by atoms with Gasteiger partial charge in [0.2, 0.25) is 0 Å². The Labute approximate surface area is 157 Å². The van der Waals surface area contributed by atoms with Crippen molar-refractivity contribution in [1.29, 1.82) is 0 Å². The predicted molar refractivity (Wildman–Crippen MR) is 101 cm³/mol. The predicted octanol–water partition coefficient (Wildman–Crippen LogP) is 4.70. The largest absolute Gasteiger partial charge is 0.302 e. The zero-order chi connectivity index (χ0) is 19.0. The fraction of sp³-hybridized carbons (Fsp3) is 0.273. The highest BCUT2D eigenvalue weighted by Gasteiger charge is 2.28. The molecule has 3 aromatic rings. The summed E-state index contributed by atoms with van der Waals surface area (Å²) in [5.74, 6) is -0.899. The van der Waals surface area contributed by atoms with Crippen molar-refractivity contribution in [2.24, 2.45) is 0 Å². The van der Waals surface area contributed by atoms with Crippen LogP contribution in [0.4, 0.5) is 8.78 Å². The van der Waals surface area contributed by atoms with Gasteiger partial charge in [0.15, 0.2) is 0 Å². The lowest BCUT2D eigenvalue weighted by atomic mass is 9.85. The van der Waals surface area contributed by atoms with E-state index in [0.29, 0.717) is 35.3 Å². The van der Waals surface area contributed by atoms with E-state index in [2.05, 4.69) is 15.1 Å². The Bertz CT molecular complexity index is 970. The van der Waals surface area contributed by atoms with Gasteiger partial charge in [-0.05, 0) is 74.0 Å². The summed E-state index contributed by atoms with van der Waals surface area (Å²) in [4.78, 5) is 2.14. The number of fused-ring (bicyclic) bond motifs is 1. The van der Waals surface area contributed by atoms with E-state index in [9.17, 15) is 4.39 Å².